The highest BCUT2D eigenvalue weighted by atomic mass is 14.9. The molecule has 0 saturated heterocycles. The van der Waals surface area contributed by atoms with E-state index in [-0.39, 0.29) is 0 Å². The Hall–Kier alpha value is -0.0400. The van der Waals surface area contributed by atoms with Crippen LogP contribution in [0.2, 0.25) is 0 Å². The van der Waals surface area contributed by atoms with Crippen LogP contribution in [0.4, 0.5) is 0 Å². The fourth-order valence-electron chi connectivity index (χ4n) is 3.82. The van der Waals surface area contributed by atoms with Crippen LogP contribution in [0.25, 0.3) is 0 Å². The van der Waals surface area contributed by atoms with Gasteiger partial charge in [-0.3, -0.25) is 0 Å². The van der Waals surface area contributed by atoms with Crippen LogP contribution < -0.4 is 5.32 Å². The van der Waals surface area contributed by atoms with Crippen molar-refractivity contribution in [2.45, 2.75) is 116 Å². The summed E-state index contributed by atoms with van der Waals surface area (Å²) in [6.45, 7) is 5.80. The van der Waals surface area contributed by atoms with Gasteiger partial charge < -0.3 is 5.32 Å². The number of hydrogen-bond donors (Lipinski definition) is 1. The Morgan fingerprint density at radius 2 is 1.43 bits per heavy atom. The maximum absolute atomic E-state index is 3.82. The SMILES string of the molecule is CCCCCCCCCCC(CC1CCCC1)NCCC. The second kappa shape index (κ2) is 13.6. The molecule has 1 aliphatic carbocycles. The Morgan fingerprint density at radius 3 is 2.05 bits per heavy atom. The number of rotatable bonds is 14. The van der Waals surface area contributed by atoms with Gasteiger partial charge in [0, 0.05) is 6.04 Å². The van der Waals surface area contributed by atoms with Gasteiger partial charge >= 0.3 is 0 Å². The molecule has 1 nitrogen and oxygen atoms in total. The third-order valence-corrected chi connectivity index (χ3v) is 5.18. The number of unbranched alkanes of at least 4 members (excludes halogenated alkanes) is 7. The lowest BCUT2D eigenvalue weighted by Gasteiger charge is -2.22. The van der Waals surface area contributed by atoms with Crippen LogP contribution in [0.15, 0.2) is 0 Å². The molecular weight excluding hydrogens is 254 g/mol. The van der Waals surface area contributed by atoms with Gasteiger partial charge in [-0.2, -0.15) is 0 Å². The smallest absolute Gasteiger partial charge is 0.00696 e. The summed E-state index contributed by atoms with van der Waals surface area (Å²) in [5.74, 6) is 1.04. The minimum absolute atomic E-state index is 0.813. The minimum Gasteiger partial charge on any atom is -0.314 e. The van der Waals surface area contributed by atoms with Gasteiger partial charge in [-0.05, 0) is 31.7 Å². The Bertz CT molecular complexity index is 208. The molecule has 1 atom stereocenters. The molecule has 126 valence electrons. The van der Waals surface area contributed by atoms with Gasteiger partial charge in [0.15, 0.2) is 0 Å². The summed E-state index contributed by atoms with van der Waals surface area (Å²) in [7, 11) is 0. The third kappa shape index (κ3) is 10.3. The second-order valence-electron chi connectivity index (χ2n) is 7.30. The van der Waals surface area contributed by atoms with Gasteiger partial charge in [0.1, 0.15) is 0 Å². The largest absolute Gasteiger partial charge is 0.314 e. The van der Waals surface area contributed by atoms with Crippen molar-refractivity contribution < 1.29 is 0 Å². The number of hydrogen-bond acceptors (Lipinski definition) is 1. The van der Waals surface area contributed by atoms with Crippen LogP contribution in [0.5, 0.6) is 0 Å². The summed E-state index contributed by atoms with van der Waals surface area (Å²) in [5, 5.41) is 3.82. The molecule has 0 aromatic rings. The highest BCUT2D eigenvalue weighted by Crippen LogP contribution is 2.29. The van der Waals surface area contributed by atoms with Gasteiger partial charge in [0.05, 0.1) is 0 Å². The maximum Gasteiger partial charge on any atom is 0.00696 e. The molecule has 0 aromatic carbocycles. The van der Waals surface area contributed by atoms with E-state index in [1.807, 2.05) is 0 Å². The molecule has 0 aliphatic heterocycles. The zero-order valence-electron chi connectivity index (χ0n) is 15.0. The summed E-state index contributed by atoms with van der Waals surface area (Å²) in [6.07, 6.45) is 21.7. The van der Waals surface area contributed by atoms with E-state index >= 15 is 0 Å². The fourth-order valence-corrected chi connectivity index (χ4v) is 3.82. The van der Waals surface area contributed by atoms with Crippen LogP contribution in [0.3, 0.4) is 0 Å². The summed E-state index contributed by atoms with van der Waals surface area (Å²) < 4.78 is 0. The third-order valence-electron chi connectivity index (χ3n) is 5.18. The quantitative estimate of drug-likeness (QED) is 0.362. The summed E-state index contributed by atoms with van der Waals surface area (Å²) >= 11 is 0. The first-order valence-electron chi connectivity index (χ1n) is 10.1. The van der Waals surface area contributed by atoms with Crippen molar-refractivity contribution in [3.05, 3.63) is 0 Å². The standard InChI is InChI=1S/C20H41N/c1-3-5-6-7-8-9-10-11-16-20(21-17-4-2)18-19-14-12-13-15-19/h19-21H,3-18H2,1-2H3. The zero-order chi connectivity index (χ0) is 15.2. The topological polar surface area (TPSA) is 12.0 Å². The van der Waals surface area contributed by atoms with Crippen LogP contribution in [0.1, 0.15) is 110 Å². The van der Waals surface area contributed by atoms with Gasteiger partial charge in [-0.1, -0.05) is 90.9 Å². The van der Waals surface area contributed by atoms with Crippen LogP contribution >= 0.6 is 0 Å². The molecular formula is C20H41N. The van der Waals surface area contributed by atoms with E-state index in [0.29, 0.717) is 0 Å². The average molecular weight is 296 g/mol. The van der Waals surface area contributed by atoms with E-state index in [1.165, 1.54) is 103 Å². The Morgan fingerprint density at radius 1 is 0.810 bits per heavy atom. The van der Waals surface area contributed by atoms with Gasteiger partial charge in [0.25, 0.3) is 0 Å². The van der Waals surface area contributed by atoms with Crippen molar-refractivity contribution in [3.63, 3.8) is 0 Å². The van der Waals surface area contributed by atoms with E-state index in [0.717, 1.165) is 12.0 Å². The highest BCUT2D eigenvalue weighted by molar-refractivity contribution is 4.75. The van der Waals surface area contributed by atoms with Crippen molar-refractivity contribution in [1.29, 1.82) is 0 Å². The Labute approximate surface area is 134 Å². The lowest BCUT2D eigenvalue weighted by Crippen LogP contribution is -2.31. The molecule has 1 unspecified atom stereocenters. The van der Waals surface area contributed by atoms with E-state index in [2.05, 4.69) is 19.2 Å². The molecule has 1 aliphatic rings. The fraction of sp³-hybridized carbons (Fsp3) is 1.00. The molecule has 1 rings (SSSR count). The van der Waals surface area contributed by atoms with E-state index < -0.39 is 0 Å². The lowest BCUT2D eigenvalue weighted by atomic mass is 9.94. The first kappa shape index (κ1) is 19.0. The van der Waals surface area contributed by atoms with E-state index in [9.17, 15) is 0 Å². The molecule has 0 spiro atoms. The van der Waals surface area contributed by atoms with Crippen LogP contribution in [-0.4, -0.2) is 12.6 Å². The monoisotopic (exact) mass is 295 g/mol. The second-order valence-corrected chi connectivity index (χ2v) is 7.30. The molecule has 1 saturated carbocycles. The van der Waals surface area contributed by atoms with Crippen molar-refractivity contribution >= 4 is 0 Å². The molecule has 1 N–H and O–H groups in total. The first-order valence-corrected chi connectivity index (χ1v) is 10.1. The molecule has 21 heavy (non-hydrogen) atoms. The first-order chi connectivity index (χ1) is 10.4. The average Bonchev–Trinajstić information content (AvgIpc) is 3.00. The molecule has 0 heterocycles. The zero-order valence-corrected chi connectivity index (χ0v) is 15.0. The Kier molecular flexibility index (Phi) is 12.3. The lowest BCUT2D eigenvalue weighted by molar-refractivity contribution is 0.360. The maximum atomic E-state index is 3.82. The summed E-state index contributed by atoms with van der Waals surface area (Å²) in [4.78, 5) is 0. The normalized spacial score (nSPS) is 17.4. The van der Waals surface area contributed by atoms with E-state index in [4.69, 9.17) is 0 Å². The van der Waals surface area contributed by atoms with E-state index in [1.54, 1.807) is 0 Å². The molecule has 0 amide bonds. The van der Waals surface area contributed by atoms with Crippen molar-refractivity contribution in [1.82, 2.24) is 5.32 Å². The summed E-state index contributed by atoms with van der Waals surface area (Å²) in [5.41, 5.74) is 0. The van der Waals surface area contributed by atoms with Crippen molar-refractivity contribution in [2.75, 3.05) is 6.54 Å². The van der Waals surface area contributed by atoms with Crippen LogP contribution in [-0.2, 0) is 0 Å². The van der Waals surface area contributed by atoms with Crippen molar-refractivity contribution in [3.8, 4) is 0 Å². The predicted molar refractivity (Wildman–Crippen MR) is 95.9 cm³/mol. The summed E-state index contributed by atoms with van der Waals surface area (Å²) in [6, 6.07) is 0.813. The van der Waals surface area contributed by atoms with Crippen molar-refractivity contribution in [2.24, 2.45) is 5.92 Å². The van der Waals surface area contributed by atoms with Crippen LogP contribution in [0, 0.1) is 5.92 Å². The number of nitrogens with one attached hydrogen (secondary N) is 1. The van der Waals surface area contributed by atoms with Gasteiger partial charge in [-0.15, -0.1) is 0 Å². The predicted octanol–water partition coefficient (Wildman–Crippen LogP) is 6.47. The Balaban J connectivity index is 2.02. The molecule has 0 radical (unpaired) electrons. The highest BCUT2D eigenvalue weighted by Gasteiger charge is 2.19. The molecule has 0 aromatic heterocycles. The molecule has 1 heteroatoms. The molecule has 0 bridgehead atoms. The van der Waals surface area contributed by atoms with Gasteiger partial charge in [-0.25, -0.2) is 0 Å². The molecule has 1 fully saturated rings. The minimum atomic E-state index is 0.813. The van der Waals surface area contributed by atoms with Gasteiger partial charge in [0.2, 0.25) is 0 Å².